The number of nitrogen functional groups attached to an aromatic ring is 1. The van der Waals surface area contributed by atoms with Crippen LogP contribution in [0.5, 0.6) is 0 Å². The fourth-order valence-corrected chi connectivity index (χ4v) is 1.53. The molecular weight excluding hydrogens is 168 g/mol. The molecule has 2 rings (SSSR count). The fraction of sp³-hybridized carbons (Fsp3) is 0.500. The molecule has 1 atom stereocenters. The minimum absolute atomic E-state index is 0.0283. The van der Waals surface area contributed by atoms with Crippen molar-refractivity contribution >= 4 is 5.82 Å². The van der Waals surface area contributed by atoms with Gasteiger partial charge in [-0.05, 0) is 12.8 Å². The van der Waals surface area contributed by atoms with Crippen LogP contribution in [0.3, 0.4) is 0 Å². The molecule has 68 valence electrons. The van der Waals surface area contributed by atoms with Gasteiger partial charge in [0.15, 0.2) is 5.82 Å². The van der Waals surface area contributed by atoms with Crippen LogP contribution in [0.15, 0.2) is 0 Å². The third-order valence-corrected chi connectivity index (χ3v) is 2.19. The predicted octanol–water partition coefficient (Wildman–Crippen LogP) is 0.715. The van der Waals surface area contributed by atoms with Crippen molar-refractivity contribution in [2.24, 2.45) is 0 Å². The highest BCUT2D eigenvalue weighted by atomic mass is 16.5. The second-order valence-corrected chi connectivity index (χ2v) is 3.01. The number of nitrogens with one attached hydrogen (secondary N) is 1. The van der Waals surface area contributed by atoms with Crippen molar-refractivity contribution in [1.82, 2.24) is 10.2 Å². The molecule has 0 amide bonds. The Bertz CT molecular complexity index is 346. The van der Waals surface area contributed by atoms with Gasteiger partial charge in [-0.25, -0.2) is 0 Å². The van der Waals surface area contributed by atoms with E-state index in [1.54, 1.807) is 0 Å². The Morgan fingerprint density at radius 2 is 2.54 bits per heavy atom. The van der Waals surface area contributed by atoms with E-state index in [2.05, 4.69) is 10.2 Å². The minimum atomic E-state index is -0.0283. The highest BCUT2D eigenvalue weighted by Gasteiger charge is 2.24. The van der Waals surface area contributed by atoms with Crippen LogP contribution in [0.25, 0.3) is 0 Å². The lowest BCUT2D eigenvalue weighted by Crippen LogP contribution is -1.99. The van der Waals surface area contributed by atoms with Crippen molar-refractivity contribution in [2.75, 3.05) is 12.3 Å². The number of nitrogens with zero attached hydrogens (tertiary/aromatic N) is 2. The molecule has 0 aliphatic carbocycles. The molecule has 5 nitrogen and oxygen atoms in total. The number of anilines is 1. The van der Waals surface area contributed by atoms with Crippen LogP contribution < -0.4 is 5.73 Å². The second-order valence-electron chi connectivity index (χ2n) is 3.01. The van der Waals surface area contributed by atoms with Crippen molar-refractivity contribution < 1.29 is 4.74 Å². The molecule has 1 aromatic rings. The quantitative estimate of drug-likeness (QED) is 0.663. The van der Waals surface area contributed by atoms with Crippen molar-refractivity contribution in [3.63, 3.8) is 0 Å². The molecule has 1 fully saturated rings. The summed E-state index contributed by atoms with van der Waals surface area (Å²) in [6.07, 6.45) is 1.92. The molecule has 5 heteroatoms. The van der Waals surface area contributed by atoms with E-state index in [0.717, 1.165) is 25.1 Å². The van der Waals surface area contributed by atoms with Crippen molar-refractivity contribution in [2.45, 2.75) is 18.9 Å². The average Bonchev–Trinajstić information content (AvgIpc) is 2.71. The third-order valence-electron chi connectivity index (χ3n) is 2.19. The molecule has 1 saturated heterocycles. The van der Waals surface area contributed by atoms with E-state index in [4.69, 9.17) is 15.7 Å². The normalized spacial score (nSPS) is 21.6. The van der Waals surface area contributed by atoms with Crippen LogP contribution in [0.1, 0.15) is 30.2 Å². The number of H-pyrrole nitrogens is 1. The van der Waals surface area contributed by atoms with Gasteiger partial charge in [-0.1, -0.05) is 0 Å². The maximum Gasteiger partial charge on any atom is 0.163 e. The summed E-state index contributed by atoms with van der Waals surface area (Å²) in [5.41, 5.74) is 6.64. The summed E-state index contributed by atoms with van der Waals surface area (Å²) in [7, 11) is 0. The van der Waals surface area contributed by atoms with Gasteiger partial charge in [0.1, 0.15) is 17.7 Å². The Kier molecular flexibility index (Phi) is 1.91. The van der Waals surface area contributed by atoms with Crippen molar-refractivity contribution in [1.29, 1.82) is 5.26 Å². The third kappa shape index (κ3) is 1.25. The molecule has 3 N–H and O–H groups in total. The molecule has 2 heterocycles. The van der Waals surface area contributed by atoms with Gasteiger partial charge in [0.05, 0.1) is 5.69 Å². The average molecular weight is 178 g/mol. The summed E-state index contributed by atoms with van der Waals surface area (Å²) in [6, 6.07) is 2.02. The van der Waals surface area contributed by atoms with Gasteiger partial charge in [0.2, 0.25) is 0 Å². The first-order valence-corrected chi connectivity index (χ1v) is 4.18. The molecule has 0 bridgehead atoms. The highest BCUT2D eigenvalue weighted by molar-refractivity contribution is 5.51. The smallest absolute Gasteiger partial charge is 0.163 e. The second kappa shape index (κ2) is 3.07. The molecule has 13 heavy (non-hydrogen) atoms. The van der Waals surface area contributed by atoms with Crippen LogP contribution in [0, 0.1) is 11.3 Å². The lowest BCUT2D eigenvalue weighted by molar-refractivity contribution is 0.108. The maximum atomic E-state index is 8.80. The summed E-state index contributed by atoms with van der Waals surface area (Å²) < 4.78 is 5.42. The van der Waals surface area contributed by atoms with Gasteiger partial charge in [-0.2, -0.15) is 10.4 Å². The van der Waals surface area contributed by atoms with Crippen molar-refractivity contribution in [3.05, 3.63) is 11.3 Å². The number of nitrogens with two attached hydrogens (primary N) is 1. The molecule has 1 unspecified atom stereocenters. The first-order valence-electron chi connectivity index (χ1n) is 4.18. The Balaban J connectivity index is 2.34. The van der Waals surface area contributed by atoms with Gasteiger partial charge in [0.25, 0.3) is 0 Å². The summed E-state index contributed by atoms with van der Waals surface area (Å²) >= 11 is 0. The first kappa shape index (κ1) is 8.08. The van der Waals surface area contributed by atoms with Gasteiger partial charge >= 0.3 is 0 Å². The van der Waals surface area contributed by atoms with E-state index in [0.29, 0.717) is 5.56 Å². The lowest BCUT2D eigenvalue weighted by Gasteiger charge is -2.05. The molecule has 0 spiro atoms. The van der Waals surface area contributed by atoms with E-state index >= 15 is 0 Å². The molecule has 1 aliphatic heterocycles. The Labute approximate surface area is 75.5 Å². The Morgan fingerprint density at radius 1 is 1.69 bits per heavy atom. The van der Waals surface area contributed by atoms with Gasteiger partial charge in [-0.15, -0.1) is 0 Å². The van der Waals surface area contributed by atoms with E-state index < -0.39 is 0 Å². The largest absolute Gasteiger partial charge is 0.381 e. The molecule has 0 radical (unpaired) electrons. The summed E-state index contributed by atoms with van der Waals surface area (Å²) in [5.74, 6) is 0.257. The zero-order valence-electron chi connectivity index (χ0n) is 7.08. The van der Waals surface area contributed by atoms with Gasteiger partial charge in [-0.3, -0.25) is 5.10 Å². The van der Waals surface area contributed by atoms with Crippen LogP contribution in [0.2, 0.25) is 0 Å². The van der Waals surface area contributed by atoms with Gasteiger partial charge in [0, 0.05) is 6.61 Å². The molecule has 1 aliphatic rings. The maximum absolute atomic E-state index is 8.80. The topological polar surface area (TPSA) is 87.7 Å². The number of aromatic amines is 1. The van der Waals surface area contributed by atoms with Crippen LogP contribution in [0.4, 0.5) is 5.82 Å². The van der Waals surface area contributed by atoms with Crippen LogP contribution in [-0.2, 0) is 4.74 Å². The molecular formula is C8H10N4O. The number of rotatable bonds is 1. The summed E-state index contributed by atoms with van der Waals surface area (Å²) in [6.45, 7) is 0.745. The zero-order chi connectivity index (χ0) is 9.26. The predicted molar refractivity (Wildman–Crippen MR) is 45.6 cm³/mol. The SMILES string of the molecule is N#Cc1c(N)n[nH]c1C1CCCO1. The highest BCUT2D eigenvalue weighted by Crippen LogP contribution is 2.30. The monoisotopic (exact) mass is 178 g/mol. The van der Waals surface area contributed by atoms with Crippen LogP contribution >= 0.6 is 0 Å². The Hall–Kier alpha value is -1.54. The zero-order valence-corrected chi connectivity index (χ0v) is 7.08. The summed E-state index contributed by atoms with van der Waals surface area (Å²) in [4.78, 5) is 0. The first-order chi connectivity index (χ1) is 6.33. The fourth-order valence-electron chi connectivity index (χ4n) is 1.53. The summed E-state index contributed by atoms with van der Waals surface area (Å²) in [5, 5.41) is 15.3. The molecule has 1 aromatic heterocycles. The molecule has 0 saturated carbocycles. The molecule has 0 aromatic carbocycles. The van der Waals surface area contributed by atoms with E-state index in [-0.39, 0.29) is 11.9 Å². The van der Waals surface area contributed by atoms with E-state index in [1.165, 1.54) is 0 Å². The van der Waals surface area contributed by atoms with E-state index in [1.807, 2.05) is 6.07 Å². The number of nitriles is 1. The minimum Gasteiger partial charge on any atom is -0.381 e. The lowest BCUT2D eigenvalue weighted by atomic mass is 10.1. The Morgan fingerprint density at radius 3 is 3.15 bits per heavy atom. The van der Waals surface area contributed by atoms with Gasteiger partial charge < -0.3 is 10.5 Å². The van der Waals surface area contributed by atoms with Crippen LogP contribution in [-0.4, -0.2) is 16.8 Å². The number of hydrogen-bond acceptors (Lipinski definition) is 4. The van der Waals surface area contributed by atoms with Crippen molar-refractivity contribution in [3.8, 4) is 6.07 Å². The number of aromatic nitrogens is 2. The number of hydrogen-bond donors (Lipinski definition) is 2. The van der Waals surface area contributed by atoms with E-state index in [9.17, 15) is 0 Å². The number of ether oxygens (including phenoxy) is 1. The standard InChI is InChI=1S/C8H10N4O/c9-4-5-7(11-12-8(5)10)6-2-1-3-13-6/h6H,1-3H2,(H3,10,11,12).